The number of hydrogen-bond acceptors (Lipinski definition) is 2. The van der Waals surface area contributed by atoms with E-state index >= 15 is 0 Å². The van der Waals surface area contributed by atoms with E-state index in [0.717, 1.165) is 18.4 Å². The first-order chi connectivity index (χ1) is 8.39. The Labute approximate surface area is 104 Å². The van der Waals surface area contributed by atoms with E-state index in [1.165, 1.54) is 12.1 Å². The summed E-state index contributed by atoms with van der Waals surface area (Å²) in [5.41, 5.74) is 0.689. The van der Waals surface area contributed by atoms with E-state index in [9.17, 15) is 17.2 Å². The number of sulfone groups is 1. The summed E-state index contributed by atoms with van der Waals surface area (Å²) in [7, 11) is -3.42. The van der Waals surface area contributed by atoms with Crippen LogP contribution in [0.5, 0.6) is 0 Å². The Morgan fingerprint density at radius 1 is 0.944 bits per heavy atom. The lowest BCUT2D eigenvalue weighted by molar-refractivity contribution is 0.509. The summed E-state index contributed by atoms with van der Waals surface area (Å²) in [4.78, 5) is 0.0935. The van der Waals surface area contributed by atoms with Crippen molar-refractivity contribution in [2.75, 3.05) is 6.26 Å². The van der Waals surface area contributed by atoms with E-state index in [1.54, 1.807) is 18.2 Å². The molecule has 0 aliphatic carbocycles. The maximum absolute atomic E-state index is 13.2. The zero-order valence-corrected chi connectivity index (χ0v) is 10.3. The molecule has 0 unspecified atom stereocenters. The van der Waals surface area contributed by atoms with Crippen LogP contribution in [0.3, 0.4) is 0 Å². The van der Waals surface area contributed by atoms with Gasteiger partial charge in [-0.15, -0.1) is 0 Å². The molecule has 2 aromatic rings. The molecule has 0 amide bonds. The average Bonchev–Trinajstić information content (AvgIpc) is 2.32. The van der Waals surface area contributed by atoms with Gasteiger partial charge in [0.05, 0.1) is 4.90 Å². The van der Waals surface area contributed by atoms with Gasteiger partial charge < -0.3 is 0 Å². The van der Waals surface area contributed by atoms with Gasteiger partial charge in [0, 0.05) is 11.8 Å². The predicted octanol–water partition coefficient (Wildman–Crippen LogP) is 3.04. The first-order valence-corrected chi connectivity index (χ1v) is 7.03. The molecule has 2 aromatic carbocycles. The highest BCUT2D eigenvalue weighted by Crippen LogP contribution is 2.28. The number of rotatable bonds is 2. The van der Waals surface area contributed by atoms with Crippen molar-refractivity contribution in [2.45, 2.75) is 4.90 Å². The standard InChI is InChI=1S/C13H10F2O2S/c1-18(16,17)13-5-3-2-4-10(13)9-6-7-11(14)12(15)8-9/h2-8H,1H3. The Morgan fingerprint density at radius 2 is 1.61 bits per heavy atom. The second-order valence-electron chi connectivity index (χ2n) is 3.90. The smallest absolute Gasteiger partial charge is 0.176 e. The molecule has 0 aromatic heterocycles. The van der Waals surface area contributed by atoms with Gasteiger partial charge in [-0.3, -0.25) is 0 Å². The van der Waals surface area contributed by atoms with Crippen molar-refractivity contribution in [3.05, 3.63) is 54.1 Å². The quantitative estimate of drug-likeness (QED) is 0.839. The molecule has 0 N–H and O–H groups in total. The fourth-order valence-electron chi connectivity index (χ4n) is 1.69. The van der Waals surface area contributed by atoms with E-state index in [4.69, 9.17) is 0 Å². The van der Waals surface area contributed by atoms with Crippen LogP contribution in [0.1, 0.15) is 0 Å². The first kappa shape index (κ1) is 12.7. The molecule has 0 aliphatic rings. The second kappa shape index (κ2) is 4.49. The third-order valence-corrected chi connectivity index (χ3v) is 3.67. The van der Waals surface area contributed by atoms with Gasteiger partial charge in [0.1, 0.15) is 0 Å². The van der Waals surface area contributed by atoms with Gasteiger partial charge in [-0.2, -0.15) is 0 Å². The van der Waals surface area contributed by atoms with Crippen LogP contribution in [0, 0.1) is 11.6 Å². The first-order valence-electron chi connectivity index (χ1n) is 5.14. The number of benzene rings is 2. The van der Waals surface area contributed by atoms with Gasteiger partial charge in [-0.1, -0.05) is 24.3 Å². The third-order valence-electron chi connectivity index (χ3n) is 2.52. The summed E-state index contributed by atoms with van der Waals surface area (Å²) in [6, 6.07) is 9.53. The Balaban J connectivity index is 2.68. The molecular formula is C13H10F2O2S. The van der Waals surface area contributed by atoms with Gasteiger partial charge in [0.2, 0.25) is 0 Å². The summed E-state index contributed by atoms with van der Waals surface area (Å²) in [6.45, 7) is 0. The Morgan fingerprint density at radius 3 is 2.22 bits per heavy atom. The van der Waals surface area contributed by atoms with Gasteiger partial charge >= 0.3 is 0 Å². The van der Waals surface area contributed by atoms with Crippen LogP contribution in [0.2, 0.25) is 0 Å². The summed E-state index contributed by atoms with van der Waals surface area (Å²) >= 11 is 0. The maximum atomic E-state index is 13.2. The van der Waals surface area contributed by atoms with Gasteiger partial charge in [0.15, 0.2) is 21.5 Å². The predicted molar refractivity (Wildman–Crippen MR) is 64.9 cm³/mol. The van der Waals surface area contributed by atoms with Crippen molar-refractivity contribution >= 4 is 9.84 Å². The molecule has 0 saturated heterocycles. The van der Waals surface area contributed by atoms with Crippen molar-refractivity contribution in [3.63, 3.8) is 0 Å². The van der Waals surface area contributed by atoms with E-state index in [2.05, 4.69) is 0 Å². The molecular weight excluding hydrogens is 258 g/mol. The van der Waals surface area contributed by atoms with Crippen molar-refractivity contribution in [1.82, 2.24) is 0 Å². The van der Waals surface area contributed by atoms with Crippen molar-refractivity contribution in [2.24, 2.45) is 0 Å². The lowest BCUT2D eigenvalue weighted by Gasteiger charge is -2.08. The topological polar surface area (TPSA) is 34.1 Å². The number of halogens is 2. The molecule has 0 fully saturated rings. The van der Waals surface area contributed by atoms with E-state index < -0.39 is 21.5 Å². The highest BCUT2D eigenvalue weighted by atomic mass is 32.2. The normalized spacial score (nSPS) is 11.5. The van der Waals surface area contributed by atoms with Crippen LogP contribution in [0.4, 0.5) is 8.78 Å². The minimum atomic E-state index is -3.42. The molecule has 0 atom stereocenters. The fourth-order valence-corrected chi connectivity index (χ4v) is 2.60. The molecule has 5 heteroatoms. The SMILES string of the molecule is CS(=O)(=O)c1ccccc1-c1ccc(F)c(F)c1. The molecule has 0 saturated carbocycles. The van der Waals surface area contributed by atoms with Crippen LogP contribution in [-0.2, 0) is 9.84 Å². The molecule has 94 valence electrons. The second-order valence-corrected chi connectivity index (χ2v) is 5.88. The van der Waals surface area contributed by atoms with E-state index in [1.807, 2.05) is 0 Å². The highest BCUT2D eigenvalue weighted by Gasteiger charge is 2.14. The Hall–Kier alpha value is -1.75. The zero-order chi connectivity index (χ0) is 13.3. The van der Waals surface area contributed by atoms with Gasteiger partial charge in [-0.05, 0) is 23.8 Å². The fraction of sp³-hybridized carbons (Fsp3) is 0.0769. The van der Waals surface area contributed by atoms with Crippen LogP contribution in [-0.4, -0.2) is 14.7 Å². The molecule has 0 bridgehead atoms. The summed E-state index contributed by atoms with van der Waals surface area (Å²) in [5.74, 6) is -1.97. The van der Waals surface area contributed by atoms with Gasteiger partial charge in [-0.25, -0.2) is 17.2 Å². The Bertz CT molecular complexity index is 694. The molecule has 2 rings (SSSR count). The van der Waals surface area contributed by atoms with Crippen LogP contribution < -0.4 is 0 Å². The molecule has 0 aliphatic heterocycles. The highest BCUT2D eigenvalue weighted by molar-refractivity contribution is 7.90. The lowest BCUT2D eigenvalue weighted by atomic mass is 10.1. The van der Waals surface area contributed by atoms with Gasteiger partial charge in [0.25, 0.3) is 0 Å². The zero-order valence-electron chi connectivity index (χ0n) is 9.52. The van der Waals surface area contributed by atoms with Crippen molar-refractivity contribution in [3.8, 4) is 11.1 Å². The molecule has 2 nitrogen and oxygen atoms in total. The van der Waals surface area contributed by atoms with Crippen LogP contribution >= 0.6 is 0 Å². The maximum Gasteiger partial charge on any atom is 0.176 e. The minimum absolute atomic E-state index is 0.0935. The molecule has 0 heterocycles. The third kappa shape index (κ3) is 2.41. The van der Waals surface area contributed by atoms with Crippen molar-refractivity contribution in [1.29, 1.82) is 0 Å². The summed E-state index contributed by atoms with van der Waals surface area (Å²) < 4.78 is 49.2. The summed E-state index contributed by atoms with van der Waals surface area (Å²) in [5, 5.41) is 0. The van der Waals surface area contributed by atoms with E-state index in [0.29, 0.717) is 11.1 Å². The largest absolute Gasteiger partial charge is 0.224 e. The average molecular weight is 268 g/mol. The van der Waals surface area contributed by atoms with Crippen molar-refractivity contribution < 1.29 is 17.2 Å². The van der Waals surface area contributed by atoms with Crippen LogP contribution in [0.15, 0.2) is 47.4 Å². The Kier molecular flexibility index (Phi) is 3.17. The molecule has 0 spiro atoms. The number of hydrogen-bond donors (Lipinski definition) is 0. The summed E-state index contributed by atoms with van der Waals surface area (Å²) in [6.07, 6.45) is 1.08. The monoisotopic (exact) mass is 268 g/mol. The van der Waals surface area contributed by atoms with Crippen LogP contribution in [0.25, 0.3) is 11.1 Å². The van der Waals surface area contributed by atoms with E-state index in [-0.39, 0.29) is 4.90 Å². The minimum Gasteiger partial charge on any atom is -0.224 e. The molecule has 0 radical (unpaired) electrons. The lowest BCUT2D eigenvalue weighted by Crippen LogP contribution is -2.00. The molecule has 18 heavy (non-hydrogen) atoms.